The number of oxime groups is 4. The molecule has 2 heterocycles. The van der Waals surface area contributed by atoms with Gasteiger partial charge in [0.1, 0.15) is 0 Å². The van der Waals surface area contributed by atoms with Gasteiger partial charge in [-0.05, 0) is 190 Å². The van der Waals surface area contributed by atoms with Gasteiger partial charge >= 0.3 is 23.9 Å². The molecule has 442 valence electrons. The van der Waals surface area contributed by atoms with Crippen molar-refractivity contribution in [1.29, 1.82) is 0 Å². The van der Waals surface area contributed by atoms with Crippen LogP contribution in [0.4, 0.5) is 0 Å². The van der Waals surface area contributed by atoms with Crippen molar-refractivity contribution < 1.29 is 48.1 Å². The number of hydrogen-bond donors (Lipinski definition) is 0. The second-order valence-corrected chi connectivity index (χ2v) is 23.7. The summed E-state index contributed by atoms with van der Waals surface area (Å²) in [5.74, 6) is -2.34. The number of thioether (sulfide) groups is 2. The van der Waals surface area contributed by atoms with Crippen LogP contribution in [0.15, 0.2) is 200 Å². The molecule has 0 radical (unpaired) electrons. The average Bonchev–Trinajstić information content (AvgIpc) is 1.66. The fraction of sp³-hybridized carbons (Fsp3) is 0.171. The number of carbonyl (C=O) groups is 6. The summed E-state index contributed by atoms with van der Waals surface area (Å²) in [6.45, 7) is 14.4. The fourth-order valence-corrected chi connectivity index (χ4v) is 12.9. The molecule has 0 aliphatic rings. The van der Waals surface area contributed by atoms with E-state index >= 15 is 0 Å². The van der Waals surface area contributed by atoms with Crippen molar-refractivity contribution >= 4 is 125 Å². The predicted octanol–water partition coefficient (Wildman–Crippen LogP) is 15.5. The molecule has 10 rings (SSSR count). The third kappa shape index (κ3) is 13.6. The van der Waals surface area contributed by atoms with Gasteiger partial charge in [0, 0.05) is 92.7 Å². The summed E-state index contributed by atoms with van der Waals surface area (Å²) in [4.78, 5) is 96.5. The van der Waals surface area contributed by atoms with E-state index in [4.69, 9.17) is 19.4 Å². The SMILES string of the molecule is CCCC(Sc1ccc(C(=O)c2ccc3c(c2)c2cc(/C(C)=N/OC(C)=O)ccc2n3-c2ccc(/C(C)=N/OC(C)=O)cc2)cc1)Sc1ccc(C(=O)c2ccc3c(c2)c2cc(/C(C)=N/OC(C)=O)ccc2n3-c2ccc(/C(C)=N/OC(C)=O)cc2)cc1. The normalized spacial score (nSPS) is 12.3. The van der Waals surface area contributed by atoms with Crippen LogP contribution in [0.25, 0.3) is 55.0 Å². The quantitative estimate of drug-likeness (QED) is 0.0175. The molecule has 0 saturated heterocycles. The van der Waals surface area contributed by atoms with Crippen LogP contribution in [0.1, 0.15) is 129 Å². The van der Waals surface area contributed by atoms with Crippen molar-refractivity contribution in [3.63, 3.8) is 0 Å². The minimum Gasteiger partial charge on any atom is -0.318 e. The van der Waals surface area contributed by atoms with Gasteiger partial charge in [-0.2, -0.15) is 0 Å². The summed E-state index contributed by atoms with van der Waals surface area (Å²) in [7, 11) is 0. The topological polar surface area (TPSA) is 199 Å². The number of ketones is 2. The lowest BCUT2D eigenvalue weighted by Gasteiger charge is -2.16. The molecular weight excluding hydrogens is 1150 g/mol. The van der Waals surface area contributed by atoms with Crippen LogP contribution < -0.4 is 0 Å². The van der Waals surface area contributed by atoms with Gasteiger partial charge in [0.15, 0.2) is 11.6 Å². The third-order valence-corrected chi connectivity index (χ3v) is 17.2. The molecule has 0 amide bonds. The van der Waals surface area contributed by atoms with Gasteiger partial charge in [0.2, 0.25) is 0 Å². The van der Waals surface area contributed by atoms with E-state index in [0.29, 0.717) is 45.1 Å². The molecule has 0 atom stereocenters. The molecule has 10 aromatic rings. The monoisotopic (exact) mass is 1210 g/mol. The van der Waals surface area contributed by atoms with E-state index in [-0.39, 0.29) is 16.1 Å². The number of hydrogen-bond acceptors (Lipinski definition) is 16. The van der Waals surface area contributed by atoms with Crippen LogP contribution in [0.2, 0.25) is 0 Å². The Morgan fingerprint density at radius 2 is 0.614 bits per heavy atom. The Bertz CT molecular complexity index is 4250. The Labute approximate surface area is 515 Å². The maximum Gasteiger partial charge on any atom is 0.331 e. The van der Waals surface area contributed by atoms with E-state index in [1.165, 1.54) is 27.7 Å². The van der Waals surface area contributed by atoms with Gasteiger partial charge in [0.25, 0.3) is 0 Å². The lowest BCUT2D eigenvalue weighted by atomic mass is 10.0. The Hall–Kier alpha value is -10.0. The smallest absolute Gasteiger partial charge is 0.318 e. The van der Waals surface area contributed by atoms with Gasteiger partial charge < -0.3 is 28.5 Å². The highest BCUT2D eigenvalue weighted by molar-refractivity contribution is 8.17. The highest BCUT2D eigenvalue weighted by atomic mass is 32.2. The highest BCUT2D eigenvalue weighted by Crippen LogP contribution is 2.40. The van der Waals surface area contributed by atoms with Gasteiger partial charge in [0.05, 0.1) is 49.5 Å². The number of fused-ring (bicyclic) bond motifs is 6. The van der Waals surface area contributed by atoms with Crippen LogP contribution in [-0.4, -0.2) is 72.0 Å². The Morgan fingerprint density at radius 1 is 0.352 bits per heavy atom. The molecule has 0 spiro atoms. The Balaban J connectivity index is 0.873. The average molecular weight is 1210 g/mol. The molecule has 0 fully saturated rings. The van der Waals surface area contributed by atoms with E-state index in [2.05, 4.69) is 36.7 Å². The minimum atomic E-state index is -0.528. The fourth-order valence-electron chi connectivity index (χ4n) is 10.2. The van der Waals surface area contributed by atoms with Crippen molar-refractivity contribution in [2.24, 2.45) is 20.6 Å². The van der Waals surface area contributed by atoms with Crippen LogP contribution in [0, 0.1) is 0 Å². The molecule has 16 nitrogen and oxygen atoms in total. The van der Waals surface area contributed by atoms with E-state index in [1.807, 2.05) is 170 Å². The van der Waals surface area contributed by atoms with Crippen LogP contribution >= 0.6 is 23.5 Å². The van der Waals surface area contributed by atoms with Crippen LogP contribution in [0.5, 0.6) is 0 Å². The maximum absolute atomic E-state index is 14.4. The van der Waals surface area contributed by atoms with Gasteiger partial charge in [-0.1, -0.05) is 70.4 Å². The molecule has 0 saturated carbocycles. The molecule has 0 bridgehead atoms. The number of carbonyl (C=O) groups excluding carboxylic acids is 6. The zero-order valence-electron chi connectivity index (χ0n) is 49.7. The Morgan fingerprint density at radius 3 is 0.909 bits per heavy atom. The van der Waals surface area contributed by atoms with E-state index in [1.54, 1.807) is 51.2 Å². The molecule has 0 aliphatic heterocycles. The van der Waals surface area contributed by atoms with E-state index < -0.39 is 23.9 Å². The van der Waals surface area contributed by atoms with Gasteiger partial charge in [-0.3, -0.25) is 9.59 Å². The summed E-state index contributed by atoms with van der Waals surface area (Å²) in [6, 6.07) is 54.0. The van der Waals surface area contributed by atoms with E-state index in [0.717, 1.165) is 99.9 Å². The first-order valence-electron chi connectivity index (χ1n) is 28.2. The molecular formula is C70H60N6O10S2. The summed E-state index contributed by atoms with van der Waals surface area (Å²) in [5.41, 5.74) is 12.4. The Kier molecular flexibility index (Phi) is 18.5. The minimum absolute atomic E-state index is 0.133. The molecule has 0 N–H and O–H groups in total. The van der Waals surface area contributed by atoms with Gasteiger partial charge in [-0.25, -0.2) is 19.2 Å². The van der Waals surface area contributed by atoms with Crippen molar-refractivity contribution in [3.05, 3.63) is 214 Å². The van der Waals surface area contributed by atoms with Gasteiger partial charge in [-0.15, -0.1) is 23.5 Å². The number of rotatable bonds is 20. The standard InChI is InChI=1S/C70H60N6O10S2/c1-10-11-68(87-58-28-16-50(17-29-58)69(81)54-22-34-66-62(38-54)60-36-52(42(4)73-85-46(8)79)20-32-64(60)75(66)56-24-12-48(13-25-56)40(2)71-83-44(6)77)88-59-30-18-51(19-31-59)70(82)55-23-35-67-63(39-55)61-37-53(43(5)74-86-47(9)80)21-33-65(61)76(67)57-26-14-49(15-27-57)41(3)72-84-45(7)78/h12-39,68H,10-11H2,1-9H3/b71-40+,72-41+,73-42+,74-43+. The molecule has 8 aromatic carbocycles. The molecule has 18 heteroatoms. The largest absolute Gasteiger partial charge is 0.331 e. The second-order valence-electron chi connectivity index (χ2n) is 20.9. The molecule has 0 unspecified atom stereocenters. The predicted molar refractivity (Wildman–Crippen MR) is 348 cm³/mol. The van der Waals surface area contributed by atoms with E-state index in [9.17, 15) is 28.8 Å². The summed E-state index contributed by atoms with van der Waals surface area (Å²) in [6.07, 6.45) is 1.86. The number of nitrogens with zero attached hydrogens (tertiary/aromatic N) is 6. The highest BCUT2D eigenvalue weighted by Gasteiger charge is 2.21. The molecule has 88 heavy (non-hydrogen) atoms. The first kappa shape index (κ1) is 61.1. The summed E-state index contributed by atoms with van der Waals surface area (Å²) in [5, 5.41) is 19.3. The zero-order valence-corrected chi connectivity index (χ0v) is 51.4. The first-order chi connectivity index (χ1) is 42.3. The molecule has 0 aliphatic carbocycles. The number of benzene rings is 8. The van der Waals surface area contributed by atoms with Crippen molar-refractivity contribution in [1.82, 2.24) is 9.13 Å². The van der Waals surface area contributed by atoms with Crippen LogP contribution in [-0.2, 0) is 38.5 Å². The summed E-state index contributed by atoms with van der Waals surface area (Å²) >= 11 is 3.46. The lowest BCUT2D eigenvalue weighted by molar-refractivity contribution is -0.141. The zero-order chi connectivity index (χ0) is 62.3. The maximum atomic E-state index is 14.4. The lowest BCUT2D eigenvalue weighted by Crippen LogP contribution is -2.02. The number of aromatic nitrogens is 2. The molecule has 2 aromatic heterocycles. The summed E-state index contributed by atoms with van der Waals surface area (Å²) < 4.78 is 4.36. The second kappa shape index (κ2) is 26.7. The first-order valence-corrected chi connectivity index (χ1v) is 30.0. The van der Waals surface area contributed by atoms with Crippen molar-refractivity contribution in [2.45, 2.75) is 89.5 Å². The third-order valence-electron chi connectivity index (χ3n) is 14.5. The van der Waals surface area contributed by atoms with Crippen molar-refractivity contribution in [3.8, 4) is 11.4 Å². The van der Waals surface area contributed by atoms with Crippen LogP contribution in [0.3, 0.4) is 0 Å². The van der Waals surface area contributed by atoms with Crippen molar-refractivity contribution in [2.75, 3.05) is 0 Å².